The zero-order chi connectivity index (χ0) is 20.4. The number of pyridine rings is 1. The minimum atomic E-state index is -0.211. The maximum Gasteiger partial charge on any atom is 0.274 e. The van der Waals surface area contributed by atoms with Gasteiger partial charge in [0.25, 0.3) is 5.91 Å². The topological polar surface area (TPSA) is 75.4 Å². The number of hydrogen-bond donors (Lipinski definition) is 0. The monoisotopic (exact) mass is 431 g/mol. The number of nitrogens with zero attached hydrogens (tertiary/aromatic N) is 5. The lowest BCUT2D eigenvalue weighted by Gasteiger charge is -2.33. The van der Waals surface area contributed by atoms with E-state index in [1.54, 1.807) is 17.0 Å². The van der Waals surface area contributed by atoms with Crippen LogP contribution in [0.25, 0.3) is 11.4 Å². The first-order valence-electron chi connectivity index (χ1n) is 9.23. The smallest absolute Gasteiger partial charge is 0.274 e. The summed E-state index contributed by atoms with van der Waals surface area (Å²) < 4.78 is 5.40. The molecule has 1 aromatic carbocycles. The minimum absolute atomic E-state index is 0.187. The Morgan fingerprint density at radius 1 is 1.03 bits per heavy atom. The molecule has 0 N–H and O–H groups in total. The Morgan fingerprint density at radius 2 is 1.76 bits per heavy atom. The highest BCUT2D eigenvalue weighted by molar-refractivity contribution is 6.34. The fraction of sp³-hybridized carbons (Fsp3) is 0.300. The average Bonchev–Trinajstić information content (AvgIpc) is 3.19. The normalized spacial score (nSPS) is 14.9. The van der Waals surface area contributed by atoms with Crippen LogP contribution in [0.5, 0.6) is 0 Å². The van der Waals surface area contributed by atoms with Crippen LogP contribution in [0.15, 0.2) is 40.9 Å². The van der Waals surface area contributed by atoms with Gasteiger partial charge in [-0.25, -0.2) is 4.98 Å². The summed E-state index contributed by atoms with van der Waals surface area (Å²) in [4.78, 5) is 25.1. The van der Waals surface area contributed by atoms with Gasteiger partial charge in [-0.05, 0) is 19.1 Å². The van der Waals surface area contributed by atoms with Gasteiger partial charge in [-0.1, -0.05) is 58.2 Å². The van der Waals surface area contributed by atoms with Crippen LogP contribution in [-0.2, 0) is 6.54 Å². The van der Waals surface area contributed by atoms with Crippen LogP contribution < -0.4 is 0 Å². The molecule has 3 aromatic rings. The third kappa shape index (κ3) is 4.58. The summed E-state index contributed by atoms with van der Waals surface area (Å²) in [6.07, 6.45) is 0. The van der Waals surface area contributed by atoms with Gasteiger partial charge >= 0.3 is 0 Å². The van der Waals surface area contributed by atoms with Crippen LogP contribution in [0.4, 0.5) is 0 Å². The highest BCUT2D eigenvalue weighted by atomic mass is 35.5. The second-order valence-electron chi connectivity index (χ2n) is 6.91. The number of benzene rings is 1. The second kappa shape index (κ2) is 8.49. The van der Waals surface area contributed by atoms with Gasteiger partial charge in [-0.2, -0.15) is 4.98 Å². The summed E-state index contributed by atoms with van der Waals surface area (Å²) in [5, 5.41) is 4.62. The molecule has 1 amide bonds. The van der Waals surface area contributed by atoms with Gasteiger partial charge in [0.05, 0.1) is 11.6 Å². The van der Waals surface area contributed by atoms with Crippen LogP contribution in [0.2, 0.25) is 10.2 Å². The quantitative estimate of drug-likeness (QED) is 0.586. The molecule has 4 rings (SSSR count). The van der Waals surface area contributed by atoms with Crippen molar-refractivity contribution in [3.05, 3.63) is 63.7 Å². The summed E-state index contributed by atoms with van der Waals surface area (Å²) >= 11 is 12.0. The molecule has 0 atom stereocenters. The fourth-order valence-electron chi connectivity index (χ4n) is 3.16. The van der Waals surface area contributed by atoms with Crippen molar-refractivity contribution in [1.82, 2.24) is 24.9 Å². The van der Waals surface area contributed by atoms with E-state index < -0.39 is 0 Å². The molecule has 29 heavy (non-hydrogen) atoms. The van der Waals surface area contributed by atoms with Crippen LogP contribution in [-0.4, -0.2) is 57.0 Å². The number of hydrogen-bond acceptors (Lipinski definition) is 6. The SMILES string of the molecule is Cc1ccc(-c2noc(CN3CCN(C(=O)c4nc(Cl)ccc4Cl)CC3)n2)cc1. The molecule has 1 saturated heterocycles. The van der Waals surface area contributed by atoms with Crippen LogP contribution in [0.3, 0.4) is 0 Å². The molecule has 1 fully saturated rings. The minimum Gasteiger partial charge on any atom is -0.338 e. The maximum atomic E-state index is 12.7. The Morgan fingerprint density at radius 3 is 2.48 bits per heavy atom. The van der Waals surface area contributed by atoms with E-state index in [9.17, 15) is 4.79 Å². The highest BCUT2D eigenvalue weighted by Crippen LogP contribution is 2.20. The van der Waals surface area contributed by atoms with Crippen molar-refractivity contribution in [1.29, 1.82) is 0 Å². The number of carbonyl (C=O) groups excluding carboxylic acids is 1. The molecule has 7 nitrogen and oxygen atoms in total. The molecule has 9 heteroatoms. The van der Waals surface area contributed by atoms with Crippen molar-refractivity contribution in [3.8, 4) is 11.4 Å². The highest BCUT2D eigenvalue weighted by Gasteiger charge is 2.25. The number of halogens is 2. The number of aryl methyl sites for hydroxylation is 1. The molecule has 0 aliphatic carbocycles. The lowest BCUT2D eigenvalue weighted by molar-refractivity contribution is 0.0609. The van der Waals surface area contributed by atoms with Crippen LogP contribution >= 0.6 is 23.2 Å². The van der Waals surface area contributed by atoms with E-state index in [0.717, 1.165) is 5.56 Å². The Bertz CT molecular complexity index is 1010. The molecular formula is C20H19Cl2N5O2. The summed E-state index contributed by atoms with van der Waals surface area (Å²) in [5.74, 6) is 0.923. The van der Waals surface area contributed by atoms with Crippen molar-refractivity contribution in [2.45, 2.75) is 13.5 Å². The van der Waals surface area contributed by atoms with E-state index in [1.807, 2.05) is 31.2 Å². The average molecular weight is 432 g/mol. The van der Waals surface area contributed by atoms with Crippen molar-refractivity contribution >= 4 is 29.1 Å². The molecule has 0 spiro atoms. The van der Waals surface area contributed by atoms with E-state index >= 15 is 0 Å². The standard InChI is InChI=1S/C20H19Cl2N5O2/c1-13-2-4-14(5-3-13)19-24-17(29-25-19)12-26-8-10-27(11-9-26)20(28)18-15(21)6-7-16(22)23-18/h2-7H,8-12H2,1H3. The largest absolute Gasteiger partial charge is 0.338 e. The molecule has 0 unspecified atom stereocenters. The van der Waals surface area contributed by atoms with Gasteiger partial charge in [-0.3, -0.25) is 9.69 Å². The van der Waals surface area contributed by atoms with Crippen molar-refractivity contribution in [2.24, 2.45) is 0 Å². The van der Waals surface area contributed by atoms with Crippen molar-refractivity contribution < 1.29 is 9.32 Å². The number of piperazine rings is 1. The molecule has 0 bridgehead atoms. The van der Waals surface area contributed by atoms with Crippen LogP contribution in [0, 0.1) is 6.92 Å². The fourth-order valence-corrected chi connectivity index (χ4v) is 3.49. The molecule has 2 aromatic heterocycles. The predicted molar refractivity (Wildman–Crippen MR) is 110 cm³/mol. The first-order chi connectivity index (χ1) is 14.0. The van der Waals surface area contributed by atoms with Gasteiger partial charge in [0.15, 0.2) is 0 Å². The number of carbonyl (C=O) groups is 1. The summed E-state index contributed by atoms with van der Waals surface area (Å²) in [5.41, 5.74) is 2.29. The Kier molecular flexibility index (Phi) is 5.80. The zero-order valence-corrected chi connectivity index (χ0v) is 17.3. The number of rotatable bonds is 4. The van der Waals surface area contributed by atoms with Gasteiger partial charge in [0, 0.05) is 31.7 Å². The summed E-state index contributed by atoms with van der Waals surface area (Å²) in [6, 6.07) is 11.1. The van der Waals surface area contributed by atoms with E-state index in [1.165, 1.54) is 5.56 Å². The zero-order valence-electron chi connectivity index (χ0n) is 15.8. The van der Waals surface area contributed by atoms with E-state index in [2.05, 4.69) is 20.0 Å². The van der Waals surface area contributed by atoms with E-state index in [4.69, 9.17) is 27.7 Å². The first kappa shape index (κ1) is 19.8. The van der Waals surface area contributed by atoms with Crippen molar-refractivity contribution in [2.75, 3.05) is 26.2 Å². The summed E-state index contributed by atoms with van der Waals surface area (Å²) in [6.45, 7) is 5.06. The van der Waals surface area contributed by atoms with Gasteiger partial charge in [-0.15, -0.1) is 0 Å². The van der Waals surface area contributed by atoms with Gasteiger partial charge in [0.1, 0.15) is 10.8 Å². The molecular weight excluding hydrogens is 413 g/mol. The third-order valence-electron chi connectivity index (χ3n) is 4.81. The number of amides is 1. The Labute approximate surface area is 178 Å². The van der Waals surface area contributed by atoms with E-state index in [0.29, 0.717) is 49.5 Å². The van der Waals surface area contributed by atoms with Crippen molar-refractivity contribution in [3.63, 3.8) is 0 Å². The third-order valence-corrected chi connectivity index (χ3v) is 5.33. The van der Waals surface area contributed by atoms with E-state index in [-0.39, 0.29) is 16.8 Å². The number of aromatic nitrogens is 3. The Balaban J connectivity index is 1.35. The van der Waals surface area contributed by atoms with Crippen LogP contribution in [0.1, 0.15) is 21.9 Å². The van der Waals surface area contributed by atoms with Gasteiger partial charge in [0.2, 0.25) is 11.7 Å². The molecule has 3 heterocycles. The maximum absolute atomic E-state index is 12.7. The summed E-state index contributed by atoms with van der Waals surface area (Å²) in [7, 11) is 0. The predicted octanol–water partition coefficient (Wildman–Crippen LogP) is 3.70. The lowest BCUT2D eigenvalue weighted by Crippen LogP contribution is -2.48. The lowest BCUT2D eigenvalue weighted by atomic mass is 10.1. The Hall–Kier alpha value is -2.48. The molecule has 0 saturated carbocycles. The molecule has 0 radical (unpaired) electrons. The second-order valence-corrected chi connectivity index (χ2v) is 7.70. The first-order valence-corrected chi connectivity index (χ1v) is 9.98. The molecule has 1 aliphatic heterocycles. The van der Waals surface area contributed by atoms with Gasteiger partial charge < -0.3 is 9.42 Å². The molecule has 150 valence electrons. The molecule has 1 aliphatic rings.